The Balaban J connectivity index is 1.91. The number of ether oxygens (including phenoxy) is 2. The number of benzene rings is 1. The van der Waals surface area contributed by atoms with Gasteiger partial charge in [-0.15, -0.1) is 0 Å². The molecule has 1 aromatic carbocycles. The van der Waals surface area contributed by atoms with Gasteiger partial charge in [-0.2, -0.15) is 5.06 Å². The minimum absolute atomic E-state index is 0.125. The van der Waals surface area contributed by atoms with Gasteiger partial charge in [0.2, 0.25) is 0 Å². The van der Waals surface area contributed by atoms with Crippen LogP contribution in [0.25, 0.3) is 0 Å². The Labute approximate surface area is 117 Å². The molecule has 1 heterocycles. The molecule has 1 fully saturated rings. The smallest absolute Gasteiger partial charge is 0.434 e. The summed E-state index contributed by atoms with van der Waals surface area (Å²) in [6.45, 7) is 2.37. The molecule has 1 unspecified atom stereocenters. The molecule has 108 valence electrons. The molecule has 1 saturated heterocycles. The number of esters is 1. The maximum absolute atomic E-state index is 12.0. The van der Waals surface area contributed by atoms with Crippen LogP contribution >= 0.6 is 0 Å². The lowest BCUT2D eigenvalue weighted by atomic mass is 10.2. The maximum atomic E-state index is 12.0. The first-order valence-electron chi connectivity index (χ1n) is 6.49. The normalized spacial score (nSPS) is 17.6. The second kappa shape index (κ2) is 6.91. The van der Waals surface area contributed by atoms with E-state index in [9.17, 15) is 9.59 Å². The predicted molar refractivity (Wildman–Crippen MR) is 69.5 cm³/mol. The molecule has 6 nitrogen and oxygen atoms in total. The van der Waals surface area contributed by atoms with E-state index < -0.39 is 12.1 Å². The minimum Gasteiger partial charge on any atom is -0.463 e. The molecule has 0 bridgehead atoms. The molecule has 20 heavy (non-hydrogen) atoms. The highest BCUT2D eigenvalue weighted by Gasteiger charge is 2.34. The number of carbonyl (C=O) groups is 2. The maximum Gasteiger partial charge on any atom is 0.434 e. The van der Waals surface area contributed by atoms with Crippen molar-refractivity contribution in [2.75, 3.05) is 13.2 Å². The summed E-state index contributed by atoms with van der Waals surface area (Å²) < 4.78 is 10.0. The number of amides is 1. The molecular formula is C14H17NO5. The van der Waals surface area contributed by atoms with Gasteiger partial charge in [0, 0.05) is 0 Å². The first-order chi connectivity index (χ1) is 9.70. The fourth-order valence-electron chi connectivity index (χ4n) is 1.88. The molecule has 0 radical (unpaired) electrons. The van der Waals surface area contributed by atoms with E-state index in [1.54, 1.807) is 6.92 Å². The molecule has 1 atom stereocenters. The van der Waals surface area contributed by atoms with Crippen LogP contribution in [0, 0.1) is 0 Å². The van der Waals surface area contributed by atoms with Crippen molar-refractivity contribution >= 4 is 12.1 Å². The number of hydrogen-bond donors (Lipinski definition) is 0. The van der Waals surface area contributed by atoms with Gasteiger partial charge in [0.1, 0.15) is 19.3 Å². The summed E-state index contributed by atoms with van der Waals surface area (Å²) in [5, 5.41) is 1.09. The molecule has 6 heteroatoms. The highest BCUT2D eigenvalue weighted by molar-refractivity contribution is 5.74. The van der Waals surface area contributed by atoms with E-state index in [0.29, 0.717) is 6.61 Å². The molecule has 0 N–H and O–H groups in total. The van der Waals surface area contributed by atoms with Gasteiger partial charge in [0.15, 0.2) is 0 Å². The van der Waals surface area contributed by atoms with Gasteiger partial charge in [-0.25, -0.2) is 4.79 Å². The van der Waals surface area contributed by atoms with Crippen LogP contribution in [-0.2, 0) is 25.7 Å². The second-order valence-corrected chi connectivity index (χ2v) is 4.32. The fraction of sp³-hybridized carbons (Fsp3) is 0.429. The summed E-state index contributed by atoms with van der Waals surface area (Å²) in [7, 11) is 0. The largest absolute Gasteiger partial charge is 0.463 e. The van der Waals surface area contributed by atoms with Gasteiger partial charge >= 0.3 is 12.1 Å². The van der Waals surface area contributed by atoms with Crippen molar-refractivity contribution in [3.05, 3.63) is 35.9 Å². The lowest BCUT2D eigenvalue weighted by Gasteiger charge is -2.24. The molecule has 0 spiro atoms. The second-order valence-electron chi connectivity index (χ2n) is 4.32. The lowest BCUT2D eigenvalue weighted by molar-refractivity contribution is -0.158. The van der Waals surface area contributed by atoms with E-state index in [4.69, 9.17) is 14.3 Å². The zero-order chi connectivity index (χ0) is 14.4. The summed E-state index contributed by atoms with van der Waals surface area (Å²) in [5.41, 5.74) is 0.885. The number of hydroxylamine groups is 2. The Hall–Kier alpha value is -2.08. The molecule has 1 aliphatic heterocycles. The predicted octanol–water partition coefficient (Wildman–Crippen LogP) is 1.89. The number of hydrogen-bond acceptors (Lipinski definition) is 5. The summed E-state index contributed by atoms with van der Waals surface area (Å²) in [6.07, 6.45) is -0.487. The van der Waals surface area contributed by atoms with E-state index in [-0.39, 0.29) is 25.6 Å². The summed E-state index contributed by atoms with van der Waals surface area (Å²) >= 11 is 0. The third-order valence-electron chi connectivity index (χ3n) is 2.82. The van der Waals surface area contributed by atoms with Crippen LogP contribution < -0.4 is 0 Å². The minimum atomic E-state index is -0.612. The van der Waals surface area contributed by atoms with Crippen LogP contribution in [-0.4, -0.2) is 36.4 Å². The average molecular weight is 279 g/mol. The van der Waals surface area contributed by atoms with E-state index in [2.05, 4.69) is 0 Å². The molecule has 1 aliphatic rings. The van der Waals surface area contributed by atoms with Crippen molar-refractivity contribution in [3.8, 4) is 0 Å². The number of rotatable bonds is 5. The molecule has 0 aromatic heterocycles. The van der Waals surface area contributed by atoms with Gasteiger partial charge in [-0.1, -0.05) is 30.3 Å². The topological polar surface area (TPSA) is 65.1 Å². The SMILES string of the molecule is CCON(C(=O)OCc1ccccc1)C1COC(=O)C1. The Kier molecular flexibility index (Phi) is 4.95. The van der Waals surface area contributed by atoms with Crippen LogP contribution in [0.5, 0.6) is 0 Å². The Morgan fingerprint density at radius 3 is 2.75 bits per heavy atom. The first-order valence-corrected chi connectivity index (χ1v) is 6.49. The van der Waals surface area contributed by atoms with E-state index >= 15 is 0 Å². The first kappa shape index (κ1) is 14.3. The fourth-order valence-corrected chi connectivity index (χ4v) is 1.88. The van der Waals surface area contributed by atoms with E-state index in [1.165, 1.54) is 0 Å². The summed E-state index contributed by atoms with van der Waals surface area (Å²) in [6, 6.07) is 8.92. The van der Waals surface area contributed by atoms with Gasteiger partial charge in [-0.05, 0) is 12.5 Å². The molecule has 0 saturated carbocycles. The third kappa shape index (κ3) is 3.71. The number of nitrogens with zero attached hydrogens (tertiary/aromatic N) is 1. The Bertz CT molecular complexity index is 462. The van der Waals surface area contributed by atoms with Crippen molar-refractivity contribution in [1.29, 1.82) is 0 Å². The molecule has 1 amide bonds. The molecule has 0 aliphatic carbocycles. The molecule has 1 aromatic rings. The zero-order valence-electron chi connectivity index (χ0n) is 11.3. The quantitative estimate of drug-likeness (QED) is 0.608. The van der Waals surface area contributed by atoms with Crippen molar-refractivity contribution < 1.29 is 23.9 Å². The number of carbonyl (C=O) groups excluding carboxylic acids is 2. The van der Waals surface area contributed by atoms with Crippen molar-refractivity contribution in [3.63, 3.8) is 0 Å². The third-order valence-corrected chi connectivity index (χ3v) is 2.82. The van der Waals surface area contributed by atoms with Gasteiger partial charge in [-0.3, -0.25) is 9.63 Å². The van der Waals surface area contributed by atoms with Crippen LogP contribution in [0.3, 0.4) is 0 Å². The van der Waals surface area contributed by atoms with Crippen molar-refractivity contribution in [1.82, 2.24) is 5.06 Å². The van der Waals surface area contributed by atoms with Crippen molar-refractivity contribution in [2.45, 2.75) is 26.0 Å². The van der Waals surface area contributed by atoms with Crippen molar-refractivity contribution in [2.24, 2.45) is 0 Å². The Morgan fingerprint density at radius 2 is 2.15 bits per heavy atom. The Morgan fingerprint density at radius 1 is 1.40 bits per heavy atom. The van der Waals surface area contributed by atoms with Gasteiger partial charge in [0.05, 0.1) is 13.0 Å². The highest BCUT2D eigenvalue weighted by Crippen LogP contribution is 2.16. The van der Waals surface area contributed by atoms with Crippen LogP contribution in [0.2, 0.25) is 0 Å². The summed E-state index contributed by atoms with van der Waals surface area (Å²) in [4.78, 5) is 28.4. The molecule has 2 rings (SSSR count). The van der Waals surface area contributed by atoms with E-state index in [1.807, 2.05) is 30.3 Å². The lowest BCUT2D eigenvalue weighted by Crippen LogP contribution is -2.41. The van der Waals surface area contributed by atoms with Crippen LogP contribution in [0.4, 0.5) is 4.79 Å². The zero-order valence-corrected chi connectivity index (χ0v) is 11.3. The van der Waals surface area contributed by atoms with E-state index in [0.717, 1.165) is 10.6 Å². The monoisotopic (exact) mass is 279 g/mol. The van der Waals surface area contributed by atoms with Crippen LogP contribution in [0.1, 0.15) is 18.9 Å². The summed E-state index contributed by atoms with van der Waals surface area (Å²) in [5.74, 6) is -0.337. The standard InChI is InChI=1S/C14H17NO5/c1-2-20-15(12-8-13(16)18-10-12)14(17)19-9-11-6-4-3-5-7-11/h3-7,12H,2,8-10H2,1H3. The van der Waals surface area contributed by atoms with Crippen LogP contribution in [0.15, 0.2) is 30.3 Å². The number of cyclic esters (lactones) is 1. The van der Waals surface area contributed by atoms with Gasteiger partial charge in [0.25, 0.3) is 0 Å². The molecular weight excluding hydrogens is 262 g/mol. The highest BCUT2D eigenvalue weighted by atomic mass is 16.7. The van der Waals surface area contributed by atoms with Gasteiger partial charge < -0.3 is 9.47 Å². The average Bonchev–Trinajstić information content (AvgIpc) is 2.89.